The maximum atomic E-state index is 12.0. The molecule has 0 spiro atoms. The van der Waals surface area contributed by atoms with Crippen molar-refractivity contribution in [2.24, 2.45) is 5.73 Å². The van der Waals surface area contributed by atoms with Gasteiger partial charge in [0, 0.05) is 26.7 Å². The van der Waals surface area contributed by atoms with Crippen LogP contribution in [0.2, 0.25) is 0 Å². The van der Waals surface area contributed by atoms with E-state index in [1.807, 2.05) is 0 Å². The van der Waals surface area contributed by atoms with Gasteiger partial charge in [-0.25, -0.2) is 0 Å². The molecule has 1 aliphatic carbocycles. The van der Waals surface area contributed by atoms with Gasteiger partial charge in [-0.05, 0) is 12.8 Å². The Morgan fingerprint density at radius 1 is 1.41 bits per heavy atom. The van der Waals surface area contributed by atoms with Crippen molar-refractivity contribution in [3.63, 3.8) is 0 Å². The topological polar surface area (TPSA) is 73.6 Å². The Kier molecular flexibility index (Phi) is 3.70. The SMILES string of the molecule is COC1(CNC(=O)C2(N)CCCC2)CCOC1. The van der Waals surface area contributed by atoms with Crippen molar-refractivity contribution in [2.45, 2.75) is 43.2 Å². The molecule has 5 nitrogen and oxygen atoms in total. The Balaban J connectivity index is 1.87. The van der Waals surface area contributed by atoms with Crippen LogP contribution in [0.1, 0.15) is 32.1 Å². The third kappa shape index (κ3) is 2.61. The molecule has 0 aromatic carbocycles. The van der Waals surface area contributed by atoms with Gasteiger partial charge in [-0.15, -0.1) is 0 Å². The molecule has 3 N–H and O–H groups in total. The van der Waals surface area contributed by atoms with E-state index in [1.165, 1.54) is 0 Å². The van der Waals surface area contributed by atoms with Crippen molar-refractivity contribution in [3.05, 3.63) is 0 Å². The number of carbonyl (C=O) groups is 1. The van der Waals surface area contributed by atoms with Crippen LogP contribution in [0.5, 0.6) is 0 Å². The molecule has 2 rings (SSSR count). The molecular formula is C12H22N2O3. The molecule has 1 amide bonds. The van der Waals surface area contributed by atoms with Crippen LogP contribution in [0.25, 0.3) is 0 Å². The lowest BCUT2D eigenvalue weighted by Gasteiger charge is -2.29. The summed E-state index contributed by atoms with van der Waals surface area (Å²) in [5, 5.41) is 2.93. The third-order valence-corrected chi connectivity index (χ3v) is 4.02. The number of methoxy groups -OCH3 is 1. The maximum Gasteiger partial charge on any atom is 0.240 e. The Labute approximate surface area is 102 Å². The molecule has 1 unspecified atom stereocenters. The minimum atomic E-state index is -0.658. The van der Waals surface area contributed by atoms with Crippen molar-refractivity contribution in [3.8, 4) is 0 Å². The minimum absolute atomic E-state index is 0.0432. The first-order valence-corrected chi connectivity index (χ1v) is 6.30. The quantitative estimate of drug-likeness (QED) is 0.737. The van der Waals surface area contributed by atoms with E-state index in [9.17, 15) is 4.79 Å². The highest BCUT2D eigenvalue weighted by Crippen LogP contribution is 2.28. The molecule has 2 fully saturated rings. The molecule has 0 aromatic heterocycles. The fraction of sp³-hybridized carbons (Fsp3) is 0.917. The normalized spacial score (nSPS) is 31.6. The fourth-order valence-electron chi connectivity index (χ4n) is 2.61. The van der Waals surface area contributed by atoms with Crippen LogP contribution in [0.15, 0.2) is 0 Å². The molecule has 1 heterocycles. The van der Waals surface area contributed by atoms with Crippen LogP contribution >= 0.6 is 0 Å². The maximum absolute atomic E-state index is 12.0. The van der Waals surface area contributed by atoms with Crippen molar-refractivity contribution in [2.75, 3.05) is 26.9 Å². The standard InChI is InChI=1S/C12H22N2O3/c1-16-11(6-7-17-9-11)8-14-10(15)12(13)4-2-3-5-12/h2-9,13H2,1H3,(H,14,15). The second-order valence-electron chi connectivity index (χ2n) is 5.24. The van der Waals surface area contributed by atoms with Gasteiger partial charge in [0.1, 0.15) is 5.60 Å². The Hall–Kier alpha value is -0.650. The Morgan fingerprint density at radius 2 is 2.12 bits per heavy atom. The van der Waals surface area contributed by atoms with E-state index in [1.54, 1.807) is 7.11 Å². The summed E-state index contributed by atoms with van der Waals surface area (Å²) in [6, 6.07) is 0. The number of carbonyl (C=O) groups excluding carboxylic acids is 1. The van der Waals surface area contributed by atoms with E-state index in [0.717, 1.165) is 32.1 Å². The molecule has 2 aliphatic rings. The molecule has 0 aromatic rings. The third-order valence-electron chi connectivity index (χ3n) is 4.02. The van der Waals surface area contributed by atoms with Gasteiger partial charge in [0.2, 0.25) is 5.91 Å². The van der Waals surface area contributed by atoms with Crippen molar-refractivity contribution >= 4 is 5.91 Å². The van der Waals surface area contributed by atoms with E-state index in [-0.39, 0.29) is 11.5 Å². The summed E-state index contributed by atoms with van der Waals surface area (Å²) in [6.07, 6.45) is 4.48. The van der Waals surface area contributed by atoms with Gasteiger partial charge in [-0.2, -0.15) is 0 Å². The highest BCUT2D eigenvalue weighted by atomic mass is 16.5. The molecule has 5 heteroatoms. The van der Waals surface area contributed by atoms with Gasteiger partial charge in [0.25, 0.3) is 0 Å². The van der Waals surface area contributed by atoms with E-state index in [2.05, 4.69) is 5.32 Å². The zero-order chi connectivity index (χ0) is 12.4. The summed E-state index contributed by atoms with van der Waals surface area (Å²) < 4.78 is 10.8. The van der Waals surface area contributed by atoms with Crippen molar-refractivity contribution in [1.82, 2.24) is 5.32 Å². The average molecular weight is 242 g/mol. The highest BCUT2D eigenvalue weighted by Gasteiger charge is 2.40. The van der Waals surface area contributed by atoms with Crippen LogP contribution in [0.3, 0.4) is 0 Å². The predicted molar refractivity (Wildman–Crippen MR) is 63.6 cm³/mol. The van der Waals surface area contributed by atoms with Gasteiger partial charge in [0.15, 0.2) is 0 Å². The number of nitrogens with one attached hydrogen (secondary N) is 1. The molecule has 1 atom stereocenters. The van der Waals surface area contributed by atoms with Crippen molar-refractivity contribution in [1.29, 1.82) is 0 Å². The molecule has 0 bridgehead atoms. The predicted octanol–water partition coefficient (Wildman–Crippen LogP) is 0.180. The molecule has 1 aliphatic heterocycles. The average Bonchev–Trinajstić information content (AvgIpc) is 2.96. The number of nitrogens with two attached hydrogens (primary N) is 1. The monoisotopic (exact) mass is 242 g/mol. The summed E-state index contributed by atoms with van der Waals surface area (Å²) >= 11 is 0. The number of rotatable bonds is 4. The van der Waals surface area contributed by atoms with Gasteiger partial charge < -0.3 is 20.5 Å². The molecule has 1 saturated heterocycles. The van der Waals surface area contributed by atoms with Crippen LogP contribution in [0, 0.1) is 0 Å². The van der Waals surface area contributed by atoms with E-state index >= 15 is 0 Å². The number of hydrogen-bond donors (Lipinski definition) is 2. The van der Waals surface area contributed by atoms with Crippen LogP contribution < -0.4 is 11.1 Å². The van der Waals surface area contributed by atoms with E-state index < -0.39 is 5.54 Å². The molecule has 1 saturated carbocycles. The number of amides is 1. The lowest BCUT2D eigenvalue weighted by atomic mass is 9.97. The first kappa shape index (κ1) is 12.8. The van der Waals surface area contributed by atoms with Crippen LogP contribution in [-0.4, -0.2) is 43.9 Å². The fourth-order valence-corrected chi connectivity index (χ4v) is 2.61. The summed E-state index contributed by atoms with van der Waals surface area (Å²) in [4.78, 5) is 12.0. The zero-order valence-electron chi connectivity index (χ0n) is 10.5. The van der Waals surface area contributed by atoms with Gasteiger partial charge >= 0.3 is 0 Å². The van der Waals surface area contributed by atoms with Crippen LogP contribution in [0.4, 0.5) is 0 Å². The minimum Gasteiger partial charge on any atom is -0.378 e. The van der Waals surface area contributed by atoms with Gasteiger partial charge in [0.05, 0.1) is 12.1 Å². The Morgan fingerprint density at radius 3 is 2.65 bits per heavy atom. The smallest absolute Gasteiger partial charge is 0.240 e. The second kappa shape index (κ2) is 4.92. The van der Waals surface area contributed by atoms with Crippen molar-refractivity contribution < 1.29 is 14.3 Å². The first-order valence-electron chi connectivity index (χ1n) is 6.30. The number of hydrogen-bond acceptors (Lipinski definition) is 4. The lowest BCUT2D eigenvalue weighted by Crippen LogP contribution is -2.55. The van der Waals surface area contributed by atoms with E-state index in [4.69, 9.17) is 15.2 Å². The molecule has 0 radical (unpaired) electrons. The number of ether oxygens (including phenoxy) is 2. The van der Waals surface area contributed by atoms with Crippen LogP contribution in [-0.2, 0) is 14.3 Å². The summed E-state index contributed by atoms with van der Waals surface area (Å²) in [5.74, 6) is -0.0432. The largest absolute Gasteiger partial charge is 0.378 e. The molecule has 17 heavy (non-hydrogen) atoms. The second-order valence-corrected chi connectivity index (χ2v) is 5.24. The zero-order valence-corrected chi connectivity index (χ0v) is 10.5. The summed E-state index contributed by atoms with van der Waals surface area (Å²) in [6.45, 7) is 1.72. The van der Waals surface area contributed by atoms with Gasteiger partial charge in [-0.3, -0.25) is 4.79 Å². The highest BCUT2D eigenvalue weighted by molar-refractivity contribution is 5.86. The summed E-state index contributed by atoms with van der Waals surface area (Å²) in [7, 11) is 1.66. The Bertz CT molecular complexity index is 281. The molecular weight excluding hydrogens is 220 g/mol. The first-order chi connectivity index (χ1) is 8.10. The lowest BCUT2D eigenvalue weighted by molar-refractivity contribution is -0.127. The van der Waals surface area contributed by atoms with E-state index in [0.29, 0.717) is 19.8 Å². The molecule has 98 valence electrons. The summed E-state index contributed by atoms with van der Waals surface area (Å²) in [5.41, 5.74) is 5.07. The van der Waals surface area contributed by atoms with Gasteiger partial charge in [-0.1, -0.05) is 12.8 Å².